The number of amides is 1. The third kappa shape index (κ3) is 6.40. The highest BCUT2D eigenvalue weighted by atomic mass is 32.2. The number of halogens is 1. The number of nitrogens with one attached hydrogen (secondary N) is 1. The number of hydrogen-bond acceptors (Lipinski definition) is 4. The molecule has 1 heterocycles. The maximum atomic E-state index is 14.9. The van der Waals surface area contributed by atoms with Gasteiger partial charge in [0, 0.05) is 30.6 Å². The average Bonchev–Trinajstić information content (AvgIpc) is 3.78. The number of amidine groups is 1. The standard InChI is InChI=1S/C37H40FN3O2S/c1-4-25-10-6-7-11-29(25)37(42)41(3)22-32(27-16-18-28(19-17-27)44(43)23-24-14-15-24)36-39-34-20-26(5-2)31(21-35(34)40-36)30-12-8-9-13-33(30)38/h4,6-13,16-19,21,24,26,32,34-35H,1,5,14-15,20,22-23H2,2-3H3,(H,39,40). The zero-order valence-corrected chi connectivity index (χ0v) is 26.2. The normalized spacial score (nSPS) is 22.2. The Morgan fingerprint density at radius 3 is 2.57 bits per heavy atom. The van der Waals surface area contributed by atoms with E-state index in [2.05, 4.69) is 24.9 Å². The number of rotatable bonds is 11. The molecule has 3 aromatic rings. The first-order valence-corrected chi connectivity index (χ1v) is 16.9. The molecule has 1 amide bonds. The van der Waals surface area contributed by atoms with E-state index in [1.165, 1.54) is 18.9 Å². The molecule has 0 aromatic heterocycles. The topological polar surface area (TPSA) is 67.8 Å². The van der Waals surface area contributed by atoms with E-state index >= 15 is 0 Å². The SMILES string of the molecule is C=Cc1ccccc1C(=O)N(C)CC(C1=NC2CC(CC)C(c3ccccc3F)=CC2N1)c1ccc([S+]([O-])CC2CC2)cc1. The fourth-order valence-corrected chi connectivity index (χ4v) is 7.87. The Hall–Kier alpha value is -3.68. The molecule has 2 aliphatic carbocycles. The molecule has 1 N–H and O–H groups in total. The van der Waals surface area contributed by atoms with Gasteiger partial charge in [-0.1, -0.05) is 74.2 Å². The van der Waals surface area contributed by atoms with Crippen LogP contribution < -0.4 is 5.32 Å². The second-order valence-electron chi connectivity index (χ2n) is 12.2. The number of fused-ring (bicyclic) bond motifs is 1. The number of likely N-dealkylation sites (N-methyl/N-ethyl adjacent to an activating group) is 1. The molecule has 1 fully saturated rings. The summed E-state index contributed by atoms with van der Waals surface area (Å²) in [6.07, 6.45) is 7.92. The summed E-state index contributed by atoms with van der Waals surface area (Å²) in [6.45, 7) is 6.43. The van der Waals surface area contributed by atoms with Gasteiger partial charge in [0.05, 0.1) is 18.0 Å². The Morgan fingerprint density at radius 2 is 1.86 bits per heavy atom. The van der Waals surface area contributed by atoms with Crippen LogP contribution in [-0.4, -0.2) is 52.6 Å². The summed E-state index contributed by atoms with van der Waals surface area (Å²) >= 11 is -1.01. The van der Waals surface area contributed by atoms with E-state index in [4.69, 9.17) is 4.99 Å². The van der Waals surface area contributed by atoms with Crippen molar-refractivity contribution in [1.29, 1.82) is 0 Å². The Bertz CT molecular complexity index is 1580. The smallest absolute Gasteiger partial charge is 0.254 e. The lowest BCUT2D eigenvalue weighted by Gasteiger charge is -2.31. The number of hydrogen-bond donors (Lipinski definition) is 1. The van der Waals surface area contributed by atoms with Crippen molar-refractivity contribution in [2.75, 3.05) is 19.3 Å². The summed E-state index contributed by atoms with van der Waals surface area (Å²) in [7, 11) is 1.82. The maximum Gasteiger partial charge on any atom is 0.254 e. The van der Waals surface area contributed by atoms with E-state index in [9.17, 15) is 13.7 Å². The second kappa shape index (κ2) is 13.1. The molecule has 5 unspecified atom stereocenters. The molecule has 228 valence electrons. The van der Waals surface area contributed by atoms with E-state index in [-0.39, 0.29) is 35.6 Å². The Labute approximate surface area is 263 Å². The molecule has 5 nitrogen and oxygen atoms in total. The lowest BCUT2D eigenvalue weighted by atomic mass is 9.78. The fourth-order valence-electron chi connectivity index (χ4n) is 6.47. The highest BCUT2D eigenvalue weighted by molar-refractivity contribution is 7.91. The summed E-state index contributed by atoms with van der Waals surface area (Å²) in [5.41, 5.74) is 4.09. The predicted molar refractivity (Wildman–Crippen MR) is 178 cm³/mol. The number of aliphatic imine (C=N–C) groups is 1. The summed E-state index contributed by atoms with van der Waals surface area (Å²) in [6, 6.07) is 22.4. The summed E-state index contributed by atoms with van der Waals surface area (Å²) in [5, 5.41) is 3.67. The first kappa shape index (κ1) is 30.4. The second-order valence-corrected chi connectivity index (χ2v) is 13.7. The van der Waals surface area contributed by atoms with Gasteiger partial charge < -0.3 is 14.8 Å². The van der Waals surface area contributed by atoms with Crippen molar-refractivity contribution in [3.8, 4) is 0 Å². The van der Waals surface area contributed by atoms with Gasteiger partial charge in [-0.25, -0.2) is 4.39 Å². The number of allylic oxidation sites excluding steroid dienone is 1. The van der Waals surface area contributed by atoms with Crippen LogP contribution in [0.25, 0.3) is 11.6 Å². The Morgan fingerprint density at radius 1 is 1.14 bits per heavy atom. The fraction of sp³-hybridized carbons (Fsp3) is 0.351. The molecular weight excluding hydrogens is 569 g/mol. The van der Waals surface area contributed by atoms with Crippen LogP contribution in [0.2, 0.25) is 0 Å². The summed E-state index contributed by atoms with van der Waals surface area (Å²) in [5.74, 6) is 1.82. The van der Waals surface area contributed by atoms with E-state index in [0.29, 0.717) is 23.6 Å². The van der Waals surface area contributed by atoms with Crippen molar-refractivity contribution in [2.45, 2.75) is 55.5 Å². The van der Waals surface area contributed by atoms with Gasteiger partial charge in [0.2, 0.25) is 0 Å². The molecule has 0 spiro atoms. The van der Waals surface area contributed by atoms with Gasteiger partial charge in [-0.3, -0.25) is 9.79 Å². The van der Waals surface area contributed by atoms with Crippen LogP contribution >= 0.6 is 0 Å². The van der Waals surface area contributed by atoms with Gasteiger partial charge >= 0.3 is 0 Å². The number of nitrogens with zero attached hydrogens (tertiary/aromatic N) is 2. The van der Waals surface area contributed by atoms with E-state index < -0.39 is 11.2 Å². The molecule has 6 rings (SSSR count). The average molecular weight is 610 g/mol. The summed E-state index contributed by atoms with van der Waals surface area (Å²) in [4.78, 5) is 21.4. The molecule has 0 bridgehead atoms. The molecule has 44 heavy (non-hydrogen) atoms. The first-order chi connectivity index (χ1) is 21.4. The zero-order chi connectivity index (χ0) is 30.8. The van der Waals surface area contributed by atoms with Crippen LogP contribution in [-0.2, 0) is 11.2 Å². The molecule has 3 aliphatic rings. The highest BCUT2D eigenvalue weighted by Crippen LogP contribution is 2.39. The van der Waals surface area contributed by atoms with Crippen molar-refractivity contribution in [2.24, 2.45) is 16.8 Å². The van der Waals surface area contributed by atoms with Crippen molar-refractivity contribution >= 4 is 34.6 Å². The Balaban J connectivity index is 1.30. The monoisotopic (exact) mass is 609 g/mol. The van der Waals surface area contributed by atoms with Crippen molar-refractivity contribution < 1.29 is 13.7 Å². The van der Waals surface area contributed by atoms with Gasteiger partial charge in [0.15, 0.2) is 4.90 Å². The highest BCUT2D eigenvalue weighted by Gasteiger charge is 2.38. The van der Waals surface area contributed by atoms with E-state index in [1.807, 2.05) is 67.7 Å². The van der Waals surface area contributed by atoms with Crippen molar-refractivity contribution in [3.05, 3.63) is 114 Å². The molecule has 5 atom stereocenters. The minimum atomic E-state index is -1.01. The van der Waals surface area contributed by atoms with E-state index in [0.717, 1.165) is 46.0 Å². The summed E-state index contributed by atoms with van der Waals surface area (Å²) < 4.78 is 27.8. The van der Waals surface area contributed by atoms with Crippen LogP contribution in [0.15, 0.2) is 95.3 Å². The van der Waals surface area contributed by atoms with Gasteiger partial charge in [0.25, 0.3) is 5.91 Å². The molecular formula is C37H40FN3O2S. The van der Waals surface area contributed by atoms with Gasteiger partial charge in [-0.05, 0) is 83.7 Å². The van der Waals surface area contributed by atoms with Crippen molar-refractivity contribution in [3.63, 3.8) is 0 Å². The number of benzene rings is 3. The molecule has 1 saturated carbocycles. The Kier molecular flexibility index (Phi) is 9.06. The van der Waals surface area contributed by atoms with Crippen LogP contribution in [0.5, 0.6) is 0 Å². The minimum Gasteiger partial charge on any atom is -0.611 e. The van der Waals surface area contributed by atoms with Crippen molar-refractivity contribution in [1.82, 2.24) is 10.2 Å². The maximum absolute atomic E-state index is 14.9. The molecule has 3 aromatic carbocycles. The largest absolute Gasteiger partial charge is 0.611 e. The third-order valence-electron chi connectivity index (χ3n) is 9.21. The number of carbonyl (C=O) groups is 1. The van der Waals surface area contributed by atoms with E-state index in [1.54, 1.807) is 17.0 Å². The molecule has 0 saturated heterocycles. The predicted octanol–water partition coefficient (Wildman–Crippen LogP) is 7.09. The lowest BCUT2D eigenvalue weighted by Crippen LogP contribution is -2.41. The van der Waals surface area contributed by atoms with Crippen LogP contribution in [0, 0.1) is 17.7 Å². The van der Waals surface area contributed by atoms with Crippen LogP contribution in [0.1, 0.15) is 65.6 Å². The molecule has 7 heteroatoms. The lowest BCUT2D eigenvalue weighted by molar-refractivity contribution is 0.0793. The van der Waals surface area contributed by atoms with Gasteiger partial charge in [0.1, 0.15) is 17.4 Å². The molecule has 0 radical (unpaired) electrons. The van der Waals surface area contributed by atoms with Crippen LogP contribution in [0.4, 0.5) is 4.39 Å². The molecule has 1 aliphatic heterocycles. The minimum absolute atomic E-state index is 0.0285. The quantitative estimate of drug-likeness (QED) is 0.236. The third-order valence-corrected chi connectivity index (χ3v) is 10.8. The zero-order valence-electron chi connectivity index (χ0n) is 25.4. The first-order valence-electron chi connectivity index (χ1n) is 15.6. The van der Waals surface area contributed by atoms with Gasteiger partial charge in [-0.2, -0.15) is 0 Å². The van der Waals surface area contributed by atoms with Gasteiger partial charge in [-0.15, -0.1) is 0 Å². The number of carbonyl (C=O) groups excluding carboxylic acids is 1. The van der Waals surface area contributed by atoms with Crippen LogP contribution in [0.3, 0.4) is 0 Å².